The third kappa shape index (κ3) is 3.62. The molecule has 16 heavy (non-hydrogen) atoms. The van der Waals surface area contributed by atoms with Gasteiger partial charge < -0.3 is 10.6 Å². The summed E-state index contributed by atoms with van der Waals surface area (Å²) in [5.41, 5.74) is 7.49. The number of unbranched alkanes of at least 4 members (excludes halogenated alkanes) is 1. The molecule has 1 aromatic carbocycles. The van der Waals surface area contributed by atoms with Crippen molar-refractivity contribution in [2.75, 3.05) is 13.6 Å². The first kappa shape index (κ1) is 13.2. The van der Waals surface area contributed by atoms with Gasteiger partial charge in [-0.05, 0) is 32.5 Å². The van der Waals surface area contributed by atoms with Crippen molar-refractivity contribution in [3.05, 3.63) is 35.9 Å². The number of nitrogens with two attached hydrogens (primary N) is 1. The molecule has 1 rings (SSSR count). The van der Waals surface area contributed by atoms with Gasteiger partial charge in [0.2, 0.25) is 0 Å². The fraction of sp³-hybridized carbons (Fsp3) is 0.571. The molecule has 0 bridgehead atoms. The molecule has 0 aromatic heterocycles. The Labute approximate surface area is 99.5 Å². The summed E-state index contributed by atoms with van der Waals surface area (Å²) in [5, 5.41) is 0. The molecule has 0 spiro atoms. The fourth-order valence-corrected chi connectivity index (χ4v) is 1.84. The van der Waals surface area contributed by atoms with Crippen LogP contribution in [-0.2, 0) is 0 Å². The highest BCUT2D eigenvalue weighted by molar-refractivity contribution is 5.19. The lowest BCUT2D eigenvalue weighted by Crippen LogP contribution is -2.38. The molecule has 0 aliphatic carbocycles. The van der Waals surface area contributed by atoms with E-state index in [0.29, 0.717) is 6.04 Å². The molecule has 1 aromatic rings. The number of hydrogen-bond acceptors (Lipinski definition) is 2. The number of benzene rings is 1. The van der Waals surface area contributed by atoms with Gasteiger partial charge in [0.1, 0.15) is 0 Å². The molecule has 0 amide bonds. The Morgan fingerprint density at radius 2 is 1.88 bits per heavy atom. The minimum absolute atomic E-state index is 0.100. The molecular formula is C14H24N2. The Kier molecular flexibility index (Phi) is 5.50. The average Bonchev–Trinajstić information content (AvgIpc) is 2.35. The monoisotopic (exact) mass is 220 g/mol. The van der Waals surface area contributed by atoms with Gasteiger partial charge in [0.25, 0.3) is 0 Å². The van der Waals surface area contributed by atoms with Crippen LogP contribution >= 0.6 is 0 Å². The maximum atomic E-state index is 6.27. The highest BCUT2D eigenvalue weighted by Crippen LogP contribution is 2.17. The highest BCUT2D eigenvalue weighted by Gasteiger charge is 2.18. The minimum atomic E-state index is 0.100. The van der Waals surface area contributed by atoms with Gasteiger partial charge >= 0.3 is 0 Å². The summed E-state index contributed by atoms with van der Waals surface area (Å²) in [6.45, 7) is 5.54. The van der Waals surface area contributed by atoms with E-state index in [9.17, 15) is 0 Å². The lowest BCUT2D eigenvalue weighted by atomic mass is 10.0. The number of rotatable bonds is 6. The van der Waals surface area contributed by atoms with Crippen LogP contribution in [0.25, 0.3) is 0 Å². The molecule has 0 radical (unpaired) electrons. The molecule has 2 nitrogen and oxygen atoms in total. The standard InChI is InChI=1S/C14H24N2/c1-4-5-11-16(3)12(2)14(15)13-9-7-6-8-10-13/h6-10,12,14H,4-5,11,15H2,1-3H3. The second-order valence-corrected chi connectivity index (χ2v) is 4.51. The Hall–Kier alpha value is -0.860. The summed E-state index contributed by atoms with van der Waals surface area (Å²) in [5.74, 6) is 0. The zero-order valence-electron chi connectivity index (χ0n) is 10.7. The molecule has 2 heteroatoms. The van der Waals surface area contributed by atoms with E-state index in [1.807, 2.05) is 18.2 Å². The van der Waals surface area contributed by atoms with E-state index < -0.39 is 0 Å². The third-order valence-electron chi connectivity index (χ3n) is 3.26. The van der Waals surface area contributed by atoms with Crippen LogP contribution in [0.3, 0.4) is 0 Å². The van der Waals surface area contributed by atoms with E-state index in [2.05, 4.69) is 37.9 Å². The van der Waals surface area contributed by atoms with E-state index in [4.69, 9.17) is 5.73 Å². The summed E-state index contributed by atoms with van der Waals surface area (Å²) >= 11 is 0. The molecule has 0 aliphatic rings. The SMILES string of the molecule is CCCCN(C)C(C)C(N)c1ccccc1. The third-order valence-corrected chi connectivity index (χ3v) is 3.26. The van der Waals surface area contributed by atoms with Gasteiger partial charge in [-0.15, -0.1) is 0 Å². The van der Waals surface area contributed by atoms with E-state index in [1.54, 1.807) is 0 Å². The molecule has 2 N–H and O–H groups in total. The van der Waals surface area contributed by atoms with E-state index >= 15 is 0 Å². The van der Waals surface area contributed by atoms with Crippen molar-refractivity contribution in [1.82, 2.24) is 4.90 Å². The second kappa shape index (κ2) is 6.66. The Morgan fingerprint density at radius 1 is 1.25 bits per heavy atom. The first-order chi connectivity index (χ1) is 7.66. The normalized spacial score (nSPS) is 15.1. The van der Waals surface area contributed by atoms with Crippen molar-refractivity contribution < 1.29 is 0 Å². The summed E-state index contributed by atoms with van der Waals surface area (Å²) in [6, 6.07) is 10.8. The Balaban J connectivity index is 2.56. The second-order valence-electron chi connectivity index (χ2n) is 4.51. The van der Waals surface area contributed by atoms with Crippen LogP contribution in [0.4, 0.5) is 0 Å². The van der Waals surface area contributed by atoms with Gasteiger partial charge in [-0.3, -0.25) is 0 Å². The van der Waals surface area contributed by atoms with Gasteiger partial charge in [0.05, 0.1) is 0 Å². The molecule has 0 heterocycles. The topological polar surface area (TPSA) is 29.3 Å². The summed E-state index contributed by atoms with van der Waals surface area (Å²) in [4.78, 5) is 2.35. The van der Waals surface area contributed by atoms with Gasteiger partial charge in [-0.2, -0.15) is 0 Å². The number of hydrogen-bond donors (Lipinski definition) is 1. The van der Waals surface area contributed by atoms with Gasteiger partial charge in [0, 0.05) is 12.1 Å². The predicted octanol–water partition coefficient (Wildman–Crippen LogP) is 2.81. The summed E-state index contributed by atoms with van der Waals surface area (Å²) < 4.78 is 0. The largest absolute Gasteiger partial charge is 0.323 e. The number of nitrogens with zero attached hydrogens (tertiary/aromatic N) is 1. The van der Waals surface area contributed by atoms with E-state index in [-0.39, 0.29) is 6.04 Å². The van der Waals surface area contributed by atoms with Crippen LogP contribution < -0.4 is 5.73 Å². The lowest BCUT2D eigenvalue weighted by molar-refractivity contribution is 0.224. The van der Waals surface area contributed by atoms with Crippen LogP contribution in [0, 0.1) is 0 Å². The average molecular weight is 220 g/mol. The summed E-state index contributed by atoms with van der Waals surface area (Å²) in [6.07, 6.45) is 2.47. The van der Waals surface area contributed by atoms with E-state index in [0.717, 1.165) is 6.54 Å². The van der Waals surface area contributed by atoms with Gasteiger partial charge in [-0.25, -0.2) is 0 Å². The van der Waals surface area contributed by atoms with Crippen molar-refractivity contribution >= 4 is 0 Å². The van der Waals surface area contributed by atoms with Crippen molar-refractivity contribution in [1.29, 1.82) is 0 Å². The lowest BCUT2D eigenvalue weighted by Gasteiger charge is -2.29. The molecule has 0 fully saturated rings. The van der Waals surface area contributed by atoms with Crippen molar-refractivity contribution in [2.24, 2.45) is 5.73 Å². The quantitative estimate of drug-likeness (QED) is 0.798. The van der Waals surface area contributed by atoms with Crippen LogP contribution in [0.5, 0.6) is 0 Å². The zero-order chi connectivity index (χ0) is 12.0. The molecule has 2 unspecified atom stereocenters. The predicted molar refractivity (Wildman–Crippen MR) is 70.4 cm³/mol. The van der Waals surface area contributed by atoms with Crippen molar-refractivity contribution in [3.8, 4) is 0 Å². The molecule has 0 saturated carbocycles. The minimum Gasteiger partial charge on any atom is -0.323 e. The molecular weight excluding hydrogens is 196 g/mol. The van der Waals surface area contributed by atoms with E-state index in [1.165, 1.54) is 18.4 Å². The Bertz CT molecular complexity index is 284. The Morgan fingerprint density at radius 3 is 2.44 bits per heavy atom. The van der Waals surface area contributed by atoms with Crippen LogP contribution in [0.15, 0.2) is 30.3 Å². The van der Waals surface area contributed by atoms with Crippen LogP contribution in [0.1, 0.15) is 38.3 Å². The first-order valence-electron chi connectivity index (χ1n) is 6.17. The molecule has 90 valence electrons. The van der Waals surface area contributed by atoms with Crippen LogP contribution in [-0.4, -0.2) is 24.5 Å². The zero-order valence-corrected chi connectivity index (χ0v) is 10.7. The maximum Gasteiger partial charge on any atom is 0.0450 e. The van der Waals surface area contributed by atoms with Crippen molar-refractivity contribution in [3.63, 3.8) is 0 Å². The summed E-state index contributed by atoms with van der Waals surface area (Å²) in [7, 11) is 2.16. The molecule has 0 aliphatic heterocycles. The highest BCUT2D eigenvalue weighted by atomic mass is 15.1. The molecule has 2 atom stereocenters. The maximum absolute atomic E-state index is 6.27. The van der Waals surface area contributed by atoms with Gasteiger partial charge in [-0.1, -0.05) is 43.7 Å². The van der Waals surface area contributed by atoms with Gasteiger partial charge in [0.15, 0.2) is 0 Å². The van der Waals surface area contributed by atoms with Crippen molar-refractivity contribution in [2.45, 2.75) is 38.8 Å². The van der Waals surface area contributed by atoms with Crippen LogP contribution in [0.2, 0.25) is 0 Å². The smallest absolute Gasteiger partial charge is 0.0450 e. The molecule has 0 saturated heterocycles. The first-order valence-corrected chi connectivity index (χ1v) is 6.17. The fourth-order valence-electron chi connectivity index (χ4n) is 1.84. The number of likely N-dealkylation sites (N-methyl/N-ethyl adjacent to an activating group) is 1.